The number of aromatic nitrogens is 1. The third-order valence-corrected chi connectivity index (χ3v) is 2.88. The van der Waals surface area contributed by atoms with Gasteiger partial charge in [-0.25, -0.2) is 0 Å². The molecule has 0 saturated heterocycles. The second-order valence-corrected chi connectivity index (χ2v) is 4.19. The highest BCUT2D eigenvalue weighted by atomic mass is 79.9. The molecule has 1 aromatic rings. The molecule has 0 aliphatic heterocycles. The minimum Gasteiger partial charge on any atom is -0.389 e. The monoisotopic (exact) mass is 227 g/mol. The molecule has 1 aliphatic carbocycles. The van der Waals surface area contributed by atoms with Crippen molar-refractivity contribution in [1.29, 1.82) is 0 Å². The molecule has 2 nitrogen and oxygen atoms in total. The predicted molar refractivity (Wildman–Crippen MR) is 49.8 cm³/mol. The van der Waals surface area contributed by atoms with E-state index in [-0.39, 0.29) is 0 Å². The maximum atomic E-state index is 9.65. The molecule has 0 unspecified atom stereocenters. The largest absolute Gasteiger partial charge is 0.389 e. The van der Waals surface area contributed by atoms with Crippen molar-refractivity contribution in [2.75, 3.05) is 0 Å². The van der Waals surface area contributed by atoms with Crippen LogP contribution in [-0.2, 0) is 6.42 Å². The van der Waals surface area contributed by atoms with Crippen LogP contribution in [0.5, 0.6) is 0 Å². The van der Waals surface area contributed by atoms with E-state index in [1.54, 1.807) is 6.20 Å². The Morgan fingerprint density at radius 1 is 1.58 bits per heavy atom. The quantitative estimate of drug-likeness (QED) is 0.838. The Kier molecular flexibility index (Phi) is 1.93. The zero-order chi connectivity index (χ0) is 8.60. The van der Waals surface area contributed by atoms with E-state index in [9.17, 15) is 5.11 Å². The fraction of sp³-hybridized carbons (Fsp3) is 0.444. The van der Waals surface area contributed by atoms with Crippen LogP contribution in [0, 0.1) is 0 Å². The van der Waals surface area contributed by atoms with Crippen LogP contribution in [0.25, 0.3) is 0 Å². The molecule has 1 aliphatic rings. The Balaban J connectivity index is 2.17. The number of pyridine rings is 1. The molecule has 0 radical (unpaired) electrons. The molecule has 1 aromatic heterocycles. The van der Waals surface area contributed by atoms with E-state index >= 15 is 0 Å². The van der Waals surface area contributed by atoms with Crippen LogP contribution < -0.4 is 0 Å². The third-order valence-electron chi connectivity index (χ3n) is 2.16. The van der Waals surface area contributed by atoms with Crippen molar-refractivity contribution < 1.29 is 5.11 Å². The fourth-order valence-corrected chi connectivity index (χ4v) is 1.58. The maximum absolute atomic E-state index is 9.65. The minimum atomic E-state index is -0.448. The first-order chi connectivity index (χ1) is 5.70. The Morgan fingerprint density at radius 2 is 2.33 bits per heavy atom. The molecule has 1 saturated carbocycles. The van der Waals surface area contributed by atoms with Gasteiger partial charge in [0, 0.05) is 17.1 Å². The number of halogens is 1. The molecule has 2 rings (SSSR count). The summed E-state index contributed by atoms with van der Waals surface area (Å²) in [5, 5.41) is 9.65. The highest BCUT2D eigenvalue weighted by Gasteiger charge is 2.40. The Hall–Kier alpha value is -0.410. The summed E-state index contributed by atoms with van der Waals surface area (Å²) in [7, 11) is 0. The first-order valence-corrected chi connectivity index (χ1v) is 4.81. The van der Waals surface area contributed by atoms with Crippen LogP contribution in [0.1, 0.15) is 18.5 Å². The first kappa shape index (κ1) is 8.20. The number of nitrogens with zero attached hydrogens (tertiary/aromatic N) is 1. The number of hydrogen-bond donors (Lipinski definition) is 1. The smallest absolute Gasteiger partial charge is 0.0705 e. The van der Waals surface area contributed by atoms with E-state index in [0.717, 1.165) is 23.0 Å². The van der Waals surface area contributed by atoms with Crippen LogP contribution in [0.3, 0.4) is 0 Å². The number of hydrogen-bond acceptors (Lipinski definition) is 2. The molecule has 1 heterocycles. The summed E-state index contributed by atoms with van der Waals surface area (Å²) >= 11 is 3.40. The van der Waals surface area contributed by atoms with E-state index in [1.807, 2.05) is 12.1 Å². The summed E-state index contributed by atoms with van der Waals surface area (Å²) in [6.45, 7) is 0. The summed E-state index contributed by atoms with van der Waals surface area (Å²) in [5.41, 5.74) is 0.508. The van der Waals surface area contributed by atoms with Gasteiger partial charge >= 0.3 is 0 Å². The molecule has 0 bridgehead atoms. The van der Waals surface area contributed by atoms with E-state index in [1.165, 1.54) is 0 Å². The van der Waals surface area contributed by atoms with Gasteiger partial charge in [-0.15, -0.1) is 0 Å². The van der Waals surface area contributed by atoms with Gasteiger partial charge in [-0.3, -0.25) is 4.98 Å². The lowest BCUT2D eigenvalue weighted by molar-refractivity contribution is 0.149. The molecular weight excluding hydrogens is 218 g/mol. The SMILES string of the molecule is OC1(Cc2ncccc2Br)CC1. The lowest BCUT2D eigenvalue weighted by Gasteiger charge is -2.07. The highest BCUT2D eigenvalue weighted by Crippen LogP contribution is 2.38. The van der Waals surface area contributed by atoms with Crippen molar-refractivity contribution in [3.8, 4) is 0 Å². The second-order valence-electron chi connectivity index (χ2n) is 3.33. The topological polar surface area (TPSA) is 33.1 Å². The van der Waals surface area contributed by atoms with Crippen molar-refractivity contribution in [3.05, 3.63) is 28.5 Å². The molecule has 0 aromatic carbocycles. The van der Waals surface area contributed by atoms with Crippen LogP contribution in [0.15, 0.2) is 22.8 Å². The number of rotatable bonds is 2. The van der Waals surface area contributed by atoms with Crippen LogP contribution >= 0.6 is 15.9 Å². The van der Waals surface area contributed by atoms with Gasteiger partial charge in [-0.05, 0) is 40.9 Å². The van der Waals surface area contributed by atoms with Gasteiger partial charge in [0.05, 0.1) is 11.3 Å². The van der Waals surface area contributed by atoms with Gasteiger partial charge in [0.25, 0.3) is 0 Å². The van der Waals surface area contributed by atoms with Gasteiger partial charge in [0.2, 0.25) is 0 Å². The fourth-order valence-electron chi connectivity index (χ4n) is 1.18. The molecule has 0 spiro atoms. The molecular formula is C9H10BrNO. The van der Waals surface area contributed by atoms with E-state index in [4.69, 9.17) is 0 Å². The van der Waals surface area contributed by atoms with Crippen LogP contribution in [0.2, 0.25) is 0 Å². The van der Waals surface area contributed by atoms with Crippen molar-refractivity contribution in [2.45, 2.75) is 24.9 Å². The normalized spacial score (nSPS) is 19.2. The van der Waals surface area contributed by atoms with Crippen LogP contribution in [0.4, 0.5) is 0 Å². The summed E-state index contributed by atoms with van der Waals surface area (Å²) in [6, 6.07) is 3.83. The second kappa shape index (κ2) is 2.82. The Labute approximate surface area is 79.8 Å². The maximum Gasteiger partial charge on any atom is 0.0705 e. The van der Waals surface area contributed by atoms with E-state index in [0.29, 0.717) is 6.42 Å². The minimum absolute atomic E-state index is 0.448. The zero-order valence-corrected chi connectivity index (χ0v) is 8.21. The Morgan fingerprint density at radius 3 is 2.92 bits per heavy atom. The van der Waals surface area contributed by atoms with Crippen molar-refractivity contribution in [3.63, 3.8) is 0 Å². The summed E-state index contributed by atoms with van der Waals surface area (Å²) in [6.07, 6.45) is 4.26. The van der Waals surface area contributed by atoms with Crippen LogP contribution in [-0.4, -0.2) is 15.7 Å². The lowest BCUT2D eigenvalue weighted by atomic mass is 10.1. The number of aliphatic hydroxyl groups is 1. The predicted octanol–water partition coefficient (Wildman–Crippen LogP) is 1.91. The first-order valence-electron chi connectivity index (χ1n) is 4.01. The van der Waals surface area contributed by atoms with Gasteiger partial charge in [0.1, 0.15) is 0 Å². The average Bonchev–Trinajstić information content (AvgIpc) is 2.74. The highest BCUT2D eigenvalue weighted by molar-refractivity contribution is 9.10. The molecule has 0 amide bonds. The Bertz CT molecular complexity index is 296. The summed E-state index contributed by atoms with van der Waals surface area (Å²) < 4.78 is 0.991. The summed E-state index contributed by atoms with van der Waals surface area (Å²) in [5.74, 6) is 0. The van der Waals surface area contributed by atoms with Gasteiger partial charge in [-0.1, -0.05) is 0 Å². The molecule has 1 N–H and O–H groups in total. The molecule has 0 atom stereocenters. The van der Waals surface area contributed by atoms with Crippen molar-refractivity contribution in [1.82, 2.24) is 4.98 Å². The average molecular weight is 228 g/mol. The molecule has 3 heteroatoms. The zero-order valence-electron chi connectivity index (χ0n) is 6.63. The third kappa shape index (κ3) is 1.67. The van der Waals surface area contributed by atoms with Crippen molar-refractivity contribution in [2.24, 2.45) is 0 Å². The van der Waals surface area contributed by atoms with E-state index < -0.39 is 5.60 Å². The summed E-state index contributed by atoms with van der Waals surface area (Å²) in [4.78, 5) is 4.20. The van der Waals surface area contributed by atoms with Gasteiger partial charge in [-0.2, -0.15) is 0 Å². The van der Waals surface area contributed by atoms with Gasteiger partial charge in [0.15, 0.2) is 0 Å². The van der Waals surface area contributed by atoms with Gasteiger partial charge < -0.3 is 5.11 Å². The molecule has 64 valence electrons. The standard InChI is InChI=1S/C9H10BrNO/c10-7-2-1-5-11-8(7)6-9(12)3-4-9/h1-2,5,12H,3-4,6H2. The van der Waals surface area contributed by atoms with Crippen molar-refractivity contribution >= 4 is 15.9 Å². The lowest BCUT2D eigenvalue weighted by Crippen LogP contribution is -2.12. The van der Waals surface area contributed by atoms with E-state index in [2.05, 4.69) is 20.9 Å². The molecule has 1 fully saturated rings. The molecule has 12 heavy (non-hydrogen) atoms.